The van der Waals surface area contributed by atoms with Crippen LogP contribution in [0.2, 0.25) is 0 Å². The lowest BCUT2D eigenvalue weighted by Gasteiger charge is -1.99. The average molecular weight is 128 g/mol. The summed E-state index contributed by atoms with van der Waals surface area (Å²) >= 11 is 0. The molecular weight excluding hydrogens is 120 g/mol. The molecule has 0 spiro atoms. The van der Waals surface area contributed by atoms with Crippen molar-refractivity contribution >= 4 is 0 Å². The third kappa shape index (κ3) is 1.12. The minimum absolute atomic E-state index is 0.331. The van der Waals surface area contributed by atoms with Crippen molar-refractivity contribution in [3.63, 3.8) is 0 Å². The highest BCUT2D eigenvalue weighted by Gasteiger charge is 2.28. The SMILES string of the molecule is O=NC1CCCC1N=O. The van der Waals surface area contributed by atoms with E-state index in [1.54, 1.807) is 0 Å². The van der Waals surface area contributed by atoms with E-state index >= 15 is 0 Å². The summed E-state index contributed by atoms with van der Waals surface area (Å²) in [5.41, 5.74) is 0. The minimum atomic E-state index is -0.331. The number of nitrogens with zero attached hydrogens (tertiary/aromatic N) is 2. The fourth-order valence-corrected chi connectivity index (χ4v) is 1.17. The summed E-state index contributed by atoms with van der Waals surface area (Å²) in [4.78, 5) is 19.9. The van der Waals surface area contributed by atoms with E-state index in [-0.39, 0.29) is 12.1 Å². The molecule has 0 heterocycles. The summed E-state index contributed by atoms with van der Waals surface area (Å²) in [6.45, 7) is 0. The van der Waals surface area contributed by atoms with Crippen molar-refractivity contribution in [2.24, 2.45) is 10.4 Å². The summed E-state index contributed by atoms with van der Waals surface area (Å²) in [5, 5.41) is 5.59. The van der Waals surface area contributed by atoms with E-state index in [1.165, 1.54) is 0 Å². The van der Waals surface area contributed by atoms with Crippen LogP contribution in [-0.4, -0.2) is 12.1 Å². The quantitative estimate of drug-likeness (QED) is 0.528. The Kier molecular flexibility index (Phi) is 1.87. The predicted molar refractivity (Wildman–Crippen MR) is 33.0 cm³/mol. The summed E-state index contributed by atoms with van der Waals surface area (Å²) < 4.78 is 0. The lowest BCUT2D eigenvalue weighted by Crippen LogP contribution is -2.13. The number of hydrogen-bond acceptors (Lipinski definition) is 4. The molecule has 1 saturated carbocycles. The molecule has 1 fully saturated rings. The molecular formula is C5H8N2O2. The van der Waals surface area contributed by atoms with Crippen molar-refractivity contribution in [2.45, 2.75) is 31.3 Å². The van der Waals surface area contributed by atoms with Crippen LogP contribution in [0, 0.1) is 9.81 Å². The van der Waals surface area contributed by atoms with E-state index in [1.807, 2.05) is 0 Å². The highest BCUT2D eigenvalue weighted by molar-refractivity contribution is 4.87. The van der Waals surface area contributed by atoms with Gasteiger partial charge >= 0.3 is 0 Å². The van der Waals surface area contributed by atoms with E-state index < -0.39 is 0 Å². The number of rotatable bonds is 2. The summed E-state index contributed by atoms with van der Waals surface area (Å²) in [5.74, 6) is 0. The van der Waals surface area contributed by atoms with Gasteiger partial charge in [0.15, 0.2) is 0 Å². The number of nitroso groups, excluding NO2 is 2. The maximum atomic E-state index is 9.93. The van der Waals surface area contributed by atoms with Gasteiger partial charge in [0.2, 0.25) is 0 Å². The van der Waals surface area contributed by atoms with Crippen molar-refractivity contribution in [3.8, 4) is 0 Å². The van der Waals surface area contributed by atoms with E-state index in [2.05, 4.69) is 10.4 Å². The van der Waals surface area contributed by atoms with Crippen LogP contribution < -0.4 is 0 Å². The summed E-state index contributed by atoms with van der Waals surface area (Å²) in [7, 11) is 0. The lowest BCUT2D eigenvalue weighted by molar-refractivity contribution is 0.600. The van der Waals surface area contributed by atoms with E-state index in [0.29, 0.717) is 0 Å². The van der Waals surface area contributed by atoms with Crippen LogP contribution in [0.25, 0.3) is 0 Å². The molecule has 0 aromatic carbocycles. The molecule has 0 radical (unpaired) electrons. The van der Waals surface area contributed by atoms with E-state index in [9.17, 15) is 9.81 Å². The van der Waals surface area contributed by atoms with Crippen LogP contribution in [-0.2, 0) is 0 Å². The molecule has 4 nitrogen and oxygen atoms in total. The second-order valence-corrected chi connectivity index (χ2v) is 2.28. The first-order valence-electron chi connectivity index (χ1n) is 3.03. The Morgan fingerprint density at radius 1 is 1.00 bits per heavy atom. The standard InChI is InChI=1S/C5H8N2O2/c8-6-4-2-1-3-5(4)7-9/h4-5H,1-3H2. The first-order valence-corrected chi connectivity index (χ1v) is 3.03. The van der Waals surface area contributed by atoms with Crippen molar-refractivity contribution in [2.75, 3.05) is 0 Å². The first kappa shape index (κ1) is 6.32. The highest BCUT2D eigenvalue weighted by Crippen LogP contribution is 2.23. The van der Waals surface area contributed by atoms with Crippen molar-refractivity contribution in [1.82, 2.24) is 0 Å². The second-order valence-electron chi connectivity index (χ2n) is 2.28. The smallest absolute Gasteiger partial charge is 0.118 e. The zero-order valence-corrected chi connectivity index (χ0v) is 4.99. The Balaban J connectivity index is 2.50. The normalized spacial score (nSPS) is 34.2. The molecule has 1 aliphatic carbocycles. The van der Waals surface area contributed by atoms with E-state index in [0.717, 1.165) is 19.3 Å². The van der Waals surface area contributed by atoms with Gasteiger partial charge in [-0.3, -0.25) is 0 Å². The summed E-state index contributed by atoms with van der Waals surface area (Å²) in [6, 6.07) is -0.662. The maximum absolute atomic E-state index is 9.93. The van der Waals surface area contributed by atoms with E-state index in [4.69, 9.17) is 0 Å². The Labute approximate surface area is 52.6 Å². The van der Waals surface area contributed by atoms with Gasteiger partial charge in [0.05, 0.1) is 0 Å². The predicted octanol–water partition coefficient (Wildman–Crippen LogP) is 1.44. The molecule has 1 rings (SSSR count). The molecule has 0 amide bonds. The molecule has 50 valence electrons. The van der Waals surface area contributed by atoms with Crippen LogP contribution >= 0.6 is 0 Å². The molecule has 0 aromatic rings. The molecule has 9 heavy (non-hydrogen) atoms. The van der Waals surface area contributed by atoms with Crippen LogP contribution in [0.4, 0.5) is 0 Å². The Morgan fingerprint density at radius 2 is 1.44 bits per heavy atom. The van der Waals surface area contributed by atoms with Crippen LogP contribution in [0.3, 0.4) is 0 Å². The van der Waals surface area contributed by atoms with Crippen LogP contribution in [0.1, 0.15) is 19.3 Å². The molecule has 0 aliphatic heterocycles. The zero-order valence-electron chi connectivity index (χ0n) is 4.99. The Bertz CT molecular complexity index is 112. The summed E-state index contributed by atoms with van der Waals surface area (Å²) in [6.07, 6.45) is 2.38. The Morgan fingerprint density at radius 3 is 1.78 bits per heavy atom. The fourth-order valence-electron chi connectivity index (χ4n) is 1.17. The third-order valence-corrected chi connectivity index (χ3v) is 1.71. The first-order chi connectivity index (χ1) is 4.38. The topological polar surface area (TPSA) is 58.9 Å². The molecule has 0 saturated heterocycles. The van der Waals surface area contributed by atoms with Gasteiger partial charge in [0.25, 0.3) is 0 Å². The molecule has 1 aliphatic rings. The van der Waals surface area contributed by atoms with Gasteiger partial charge in [-0.2, -0.15) is 9.81 Å². The van der Waals surface area contributed by atoms with Crippen molar-refractivity contribution < 1.29 is 0 Å². The molecule has 0 bridgehead atoms. The van der Waals surface area contributed by atoms with Gasteiger partial charge in [-0.15, -0.1) is 0 Å². The number of hydrogen-bond donors (Lipinski definition) is 0. The van der Waals surface area contributed by atoms with Crippen LogP contribution in [0.5, 0.6) is 0 Å². The largest absolute Gasteiger partial charge is 0.150 e. The molecule has 2 unspecified atom stereocenters. The highest BCUT2D eigenvalue weighted by atomic mass is 16.3. The molecule has 4 heteroatoms. The monoisotopic (exact) mass is 128 g/mol. The van der Waals surface area contributed by atoms with Crippen molar-refractivity contribution in [1.29, 1.82) is 0 Å². The van der Waals surface area contributed by atoms with Gasteiger partial charge in [0, 0.05) is 0 Å². The maximum Gasteiger partial charge on any atom is 0.118 e. The average Bonchev–Trinajstić information content (AvgIpc) is 2.33. The fraction of sp³-hybridized carbons (Fsp3) is 1.00. The molecule has 0 aromatic heterocycles. The lowest BCUT2D eigenvalue weighted by atomic mass is 10.2. The van der Waals surface area contributed by atoms with Crippen LogP contribution in [0.15, 0.2) is 10.4 Å². The van der Waals surface area contributed by atoms with Gasteiger partial charge < -0.3 is 0 Å². The molecule has 2 atom stereocenters. The van der Waals surface area contributed by atoms with Gasteiger partial charge in [-0.25, -0.2) is 0 Å². The minimum Gasteiger partial charge on any atom is -0.150 e. The Hall–Kier alpha value is -0.800. The van der Waals surface area contributed by atoms with Gasteiger partial charge in [-0.1, -0.05) is 10.4 Å². The molecule has 0 N–H and O–H groups in total. The van der Waals surface area contributed by atoms with Gasteiger partial charge in [0.1, 0.15) is 12.1 Å². The van der Waals surface area contributed by atoms with Gasteiger partial charge in [-0.05, 0) is 19.3 Å². The van der Waals surface area contributed by atoms with Crippen molar-refractivity contribution in [3.05, 3.63) is 9.81 Å². The third-order valence-electron chi connectivity index (χ3n) is 1.71. The second kappa shape index (κ2) is 2.66. The zero-order chi connectivity index (χ0) is 6.69.